The molecular weight excluding hydrogens is 458 g/mol. The number of hydrogen-bond donors (Lipinski definition) is 1. The number of ketones is 1. The fourth-order valence-electron chi connectivity index (χ4n) is 4.22. The van der Waals surface area contributed by atoms with Crippen LogP contribution >= 0.6 is 11.3 Å². The van der Waals surface area contributed by atoms with Crippen LogP contribution in [-0.4, -0.2) is 21.8 Å². The highest BCUT2D eigenvalue weighted by Gasteiger charge is 2.48. The van der Waals surface area contributed by atoms with E-state index in [0.717, 1.165) is 28.0 Å². The molecule has 4 aromatic rings. The number of aromatic nitrogens is 1. The van der Waals surface area contributed by atoms with Crippen LogP contribution in [-0.2, 0) is 9.59 Å². The monoisotopic (exact) mass is 476 g/mol. The molecule has 3 aromatic carbocycles. The smallest absolute Gasteiger partial charge is 0.301 e. The zero-order valence-corrected chi connectivity index (χ0v) is 19.0. The molecule has 1 atom stereocenters. The van der Waals surface area contributed by atoms with E-state index in [1.807, 2.05) is 26.0 Å². The van der Waals surface area contributed by atoms with Gasteiger partial charge in [0.25, 0.3) is 5.78 Å². The number of benzene rings is 3. The molecule has 0 saturated carbocycles. The number of aliphatic hydroxyl groups is 1. The average Bonchev–Trinajstić information content (AvgIpc) is 3.33. The first-order chi connectivity index (χ1) is 16.2. The SMILES string of the molecule is Cc1cc(C)c2nc(N3C(=O)C(=O)C(=C(O)c4ccc(F)cc4)[C@H]3c3ccc(F)cc3)sc2c1. The average molecular weight is 477 g/mol. The lowest BCUT2D eigenvalue weighted by Gasteiger charge is -2.23. The van der Waals surface area contributed by atoms with Crippen molar-refractivity contribution in [1.82, 2.24) is 4.98 Å². The Bertz CT molecular complexity index is 1490. The van der Waals surface area contributed by atoms with Crippen molar-refractivity contribution in [2.75, 3.05) is 4.90 Å². The summed E-state index contributed by atoms with van der Waals surface area (Å²) < 4.78 is 27.9. The summed E-state index contributed by atoms with van der Waals surface area (Å²) in [5.74, 6) is -3.18. The molecule has 1 aliphatic rings. The van der Waals surface area contributed by atoms with Gasteiger partial charge in [0.1, 0.15) is 17.4 Å². The Labute approximate surface area is 197 Å². The summed E-state index contributed by atoms with van der Waals surface area (Å²) >= 11 is 1.26. The maximum Gasteiger partial charge on any atom is 0.301 e. The number of amides is 1. The summed E-state index contributed by atoms with van der Waals surface area (Å²) in [6.45, 7) is 3.87. The lowest BCUT2D eigenvalue weighted by molar-refractivity contribution is -0.132. The molecule has 5 nitrogen and oxygen atoms in total. The summed E-state index contributed by atoms with van der Waals surface area (Å²) in [6, 6.07) is 13.2. The fourth-order valence-corrected chi connectivity index (χ4v) is 5.38. The zero-order valence-electron chi connectivity index (χ0n) is 18.2. The van der Waals surface area contributed by atoms with Gasteiger partial charge in [0.15, 0.2) is 5.13 Å². The van der Waals surface area contributed by atoms with E-state index in [2.05, 4.69) is 4.98 Å². The summed E-state index contributed by atoms with van der Waals surface area (Å²) in [6.07, 6.45) is 0. The second-order valence-corrected chi connectivity index (χ2v) is 9.16. The van der Waals surface area contributed by atoms with Gasteiger partial charge < -0.3 is 5.11 Å². The van der Waals surface area contributed by atoms with Gasteiger partial charge >= 0.3 is 5.91 Å². The lowest BCUT2D eigenvalue weighted by atomic mass is 9.95. The van der Waals surface area contributed by atoms with Gasteiger partial charge in [-0.3, -0.25) is 14.5 Å². The standard InChI is InChI=1S/C26H18F2N2O3S/c1-13-11-14(2)21-19(12-13)34-26(29-21)30-22(15-3-7-17(27)8-4-15)20(24(32)25(30)33)23(31)16-5-9-18(28)10-6-16/h3-12,22,31H,1-2H3/t22-/m1/s1. The van der Waals surface area contributed by atoms with Gasteiger partial charge in [0.2, 0.25) is 0 Å². The predicted octanol–water partition coefficient (Wildman–Crippen LogP) is 5.82. The number of aliphatic hydroxyl groups excluding tert-OH is 1. The highest BCUT2D eigenvalue weighted by Crippen LogP contribution is 2.44. The number of thiazole rings is 1. The molecule has 8 heteroatoms. The molecule has 0 aliphatic carbocycles. The topological polar surface area (TPSA) is 70.5 Å². The Morgan fingerprint density at radius 3 is 2.24 bits per heavy atom. The van der Waals surface area contributed by atoms with Crippen LogP contribution in [0.2, 0.25) is 0 Å². The largest absolute Gasteiger partial charge is 0.507 e. The number of carbonyl (C=O) groups excluding carboxylic acids is 2. The second kappa shape index (κ2) is 8.14. The second-order valence-electron chi connectivity index (χ2n) is 8.15. The summed E-state index contributed by atoms with van der Waals surface area (Å²) in [7, 11) is 0. The first-order valence-electron chi connectivity index (χ1n) is 10.4. The zero-order chi connectivity index (χ0) is 24.1. The van der Waals surface area contributed by atoms with Crippen LogP contribution in [0, 0.1) is 25.5 Å². The minimum Gasteiger partial charge on any atom is -0.507 e. The Kier molecular flexibility index (Phi) is 5.25. The number of rotatable bonds is 3. The molecule has 170 valence electrons. The van der Waals surface area contributed by atoms with Crippen molar-refractivity contribution < 1.29 is 23.5 Å². The van der Waals surface area contributed by atoms with Crippen molar-refractivity contribution in [3.05, 3.63) is 100 Å². The molecule has 1 amide bonds. The minimum absolute atomic E-state index is 0.171. The molecule has 34 heavy (non-hydrogen) atoms. The van der Waals surface area contributed by atoms with E-state index < -0.39 is 35.1 Å². The third-order valence-electron chi connectivity index (χ3n) is 5.77. The highest BCUT2D eigenvalue weighted by atomic mass is 32.1. The van der Waals surface area contributed by atoms with Crippen LogP contribution in [0.25, 0.3) is 16.0 Å². The maximum atomic E-state index is 13.7. The predicted molar refractivity (Wildman–Crippen MR) is 127 cm³/mol. The normalized spacial score (nSPS) is 17.6. The molecule has 1 aromatic heterocycles. The van der Waals surface area contributed by atoms with Crippen LogP contribution in [0.1, 0.15) is 28.3 Å². The van der Waals surface area contributed by atoms with E-state index in [1.54, 1.807) is 0 Å². The highest BCUT2D eigenvalue weighted by molar-refractivity contribution is 7.22. The number of carbonyl (C=O) groups is 2. The molecule has 2 heterocycles. The number of hydrogen-bond acceptors (Lipinski definition) is 5. The van der Waals surface area contributed by atoms with Gasteiger partial charge in [-0.2, -0.15) is 0 Å². The minimum atomic E-state index is -1.03. The molecular formula is C26H18F2N2O3S. The van der Waals surface area contributed by atoms with E-state index in [0.29, 0.717) is 16.2 Å². The van der Waals surface area contributed by atoms with Crippen molar-refractivity contribution >= 4 is 44.1 Å². The van der Waals surface area contributed by atoms with Gasteiger partial charge in [0, 0.05) is 5.56 Å². The third kappa shape index (κ3) is 3.56. The van der Waals surface area contributed by atoms with E-state index >= 15 is 0 Å². The summed E-state index contributed by atoms with van der Waals surface area (Å²) in [5, 5.41) is 11.3. The van der Waals surface area contributed by atoms with E-state index in [9.17, 15) is 23.5 Å². The molecule has 0 radical (unpaired) electrons. The first kappa shape index (κ1) is 21.9. The lowest BCUT2D eigenvalue weighted by Crippen LogP contribution is -2.29. The van der Waals surface area contributed by atoms with E-state index in [4.69, 9.17) is 0 Å². The molecule has 5 rings (SSSR count). The van der Waals surface area contributed by atoms with Gasteiger partial charge in [0.05, 0.1) is 21.8 Å². The molecule has 0 spiro atoms. The quantitative estimate of drug-likeness (QED) is 0.230. The van der Waals surface area contributed by atoms with Crippen molar-refractivity contribution in [3.8, 4) is 0 Å². The van der Waals surface area contributed by atoms with Crippen LogP contribution in [0.15, 0.2) is 66.2 Å². The molecule has 1 fully saturated rings. The summed E-state index contributed by atoms with van der Waals surface area (Å²) in [4.78, 5) is 32.3. The van der Waals surface area contributed by atoms with Gasteiger partial charge in [-0.05, 0) is 73.0 Å². The van der Waals surface area contributed by atoms with E-state index in [1.165, 1.54) is 52.6 Å². The van der Waals surface area contributed by atoms with Crippen molar-refractivity contribution in [1.29, 1.82) is 0 Å². The van der Waals surface area contributed by atoms with Crippen molar-refractivity contribution in [2.45, 2.75) is 19.9 Å². The fraction of sp³-hybridized carbons (Fsp3) is 0.115. The third-order valence-corrected chi connectivity index (χ3v) is 6.77. The number of Topliss-reactive ketones (excluding diaryl/α,β-unsaturated/α-hetero) is 1. The van der Waals surface area contributed by atoms with Crippen LogP contribution in [0.3, 0.4) is 0 Å². The van der Waals surface area contributed by atoms with Gasteiger partial charge in [-0.1, -0.05) is 29.5 Å². The van der Waals surface area contributed by atoms with Crippen molar-refractivity contribution in [2.24, 2.45) is 0 Å². The summed E-state index contributed by atoms with van der Waals surface area (Å²) in [5.41, 5.74) is 3.12. The Balaban J connectivity index is 1.74. The number of halogens is 2. The van der Waals surface area contributed by atoms with E-state index in [-0.39, 0.29) is 11.1 Å². The molecule has 0 bridgehead atoms. The molecule has 1 N–H and O–H groups in total. The first-order valence-corrected chi connectivity index (χ1v) is 11.3. The van der Waals surface area contributed by atoms with Gasteiger partial charge in [-0.15, -0.1) is 0 Å². The van der Waals surface area contributed by atoms with Gasteiger partial charge in [-0.25, -0.2) is 13.8 Å². The molecule has 1 saturated heterocycles. The Morgan fingerprint density at radius 2 is 1.59 bits per heavy atom. The van der Waals surface area contributed by atoms with Crippen LogP contribution in [0.4, 0.5) is 13.9 Å². The number of anilines is 1. The van der Waals surface area contributed by atoms with Crippen LogP contribution in [0.5, 0.6) is 0 Å². The molecule has 0 unspecified atom stereocenters. The number of aryl methyl sites for hydroxylation is 2. The number of nitrogens with zero attached hydrogens (tertiary/aromatic N) is 2. The van der Waals surface area contributed by atoms with Crippen molar-refractivity contribution in [3.63, 3.8) is 0 Å². The Morgan fingerprint density at radius 1 is 0.971 bits per heavy atom. The number of fused-ring (bicyclic) bond motifs is 1. The Hall–Kier alpha value is -3.91. The van der Waals surface area contributed by atoms with Crippen LogP contribution < -0.4 is 4.90 Å². The maximum absolute atomic E-state index is 13.7. The molecule has 1 aliphatic heterocycles.